The van der Waals surface area contributed by atoms with Crippen molar-refractivity contribution < 1.29 is 4.79 Å². The normalized spacial score (nSPS) is 12.1. The van der Waals surface area contributed by atoms with Crippen LogP contribution in [0.1, 0.15) is 16.1 Å². The summed E-state index contributed by atoms with van der Waals surface area (Å²) < 4.78 is -1.99. The summed E-state index contributed by atoms with van der Waals surface area (Å²) in [5.41, 5.74) is 1.66. The monoisotopic (exact) mass is 310 g/mol. The number of nitrogens with zero attached hydrogens (tertiary/aromatic N) is 1. The molecule has 0 saturated heterocycles. The van der Waals surface area contributed by atoms with Crippen molar-refractivity contribution in [1.82, 2.24) is 9.97 Å². The van der Waals surface area contributed by atoms with Gasteiger partial charge in [0.15, 0.2) is 0 Å². The first-order chi connectivity index (χ1) is 7.80. The summed E-state index contributed by atoms with van der Waals surface area (Å²) in [6.45, 7) is 1.77. The highest BCUT2D eigenvalue weighted by Gasteiger charge is 2.33. The quantitative estimate of drug-likeness (QED) is 0.490. The van der Waals surface area contributed by atoms with E-state index in [-0.39, 0.29) is 10.7 Å². The fraction of sp³-hybridized carbons (Fsp3) is 0.200. The molecule has 2 aromatic heterocycles. The predicted molar refractivity (Wildman–Crippen MR) is 70.5 cm³/mol. The molecule has 0 fully saturated rings. The van der Waals surface area contributed by atoms with Crippen molar-refractivity contribution >= 4 is 63.1 Å². The second kappa shape index (κ2) is 4.32. The van der Waals surface area contributed by atoms with Gasteiger partial charge in [0.2, 0.25) is 5.78 Å². The number of carbonyl (C=O) groups is 1. The smallest absolute Gasteiger partial charge is 0.253 e. The summed E-state index contributed by atoms with van der Waals surface area (Å²) >= 11 is 22.6. The van der Waals surface area contributed by atoms with Gasteiger partial charge in [0.25, 0.3) is 3.79 Å². The number of pyridine rings is 1. The lowest BCUT2D eigenvalue weighted by atomic mass is 10.1. The van der Waals surface area contributed by atoms with E-state index in [1.807, 2.05) is 0 Å². The van der Waals surface area contributed by atoms with Crippen LogP contribution in [0, 0.1) is 6.92 Å². The number of rotatable bonds is 1. The molecule has 0 radical (unpaired) electrons. The molecular weight excluding hydrogens is 306 g/mol. The molecule has 0 spiro atoms. The van der Waals surface area contributed by atoms with E-state index in [4.69, 9.17) is 46.4 Å². The summed E-state index contributed by atoms with van der Waals surface area (Å²) in [4.78, 5) is 18.9. The molecule has 1 N–H and O–H groups in total. The summed E-state index contributed by atoms with van der Waals surface area (Å²) in [7, 11) is 0. The molecule has 0 aliphatic heterocycles. The maximum Gasteiger partial charge on any atom is 0.253 e. The Kier molecular flexibility index (Phi) is 3.29. The Hall–Kier alpha value is -0.480. The molecule has 0 aromatic carbocycles. The average Bonchev–Trinajstić information content (AvgIpc) is 2.58. The van der Waals surface area contributed by atoms with E-state index in [1.54, 1.807) is 13.0 Å². The predicted octanol–water partition coefficient (Wildman–Crippen LogP) is 4.08. The molecule has 3 nitrogen and oxygen atoms in total. The molecule has 0 aliphatic rings. The van der Waals surface area contributed by atoms with Crippen molar-refractivity contribution in [3.05, 3.63) is 28.7 Å². The maximum atomic E-state index is 11.9. The van der Waals surface area contributed by atoms with Crippen molar-refractivity contribution in [3.63, 3.8) is 0 Å². The van der Waals surface area contributed by atoms with E-state index >= 15 is 0 Å². The number of hydrogen-bond donors (Lipinski definition) is 1. The van der Waals surface area contributed by atoms with Crippen LogP contribution in [0.25, 0.3) is 10.9 Å². The van der Waals surface area contributed by atoms with E-state index in [1.165, 1.54) is 6.20 Å². The van der Waals surface area contributed by atoms with Gasteiger partial charge in [-0.25, -0.2) is 4.98 Å². The summed E-state index contributed by atoms with van der Waals surface area (Å²) in [6.07, 6.45) is 1.49. The van der Waals surface area contributed by atoms with Gasteiger partial charge in [-0.05, 0) is 13.0 Å². The summed E-state index contributed by atoms with van der Waals surface area (Å²) in [6, 6.07) is 1.56. The van der Waals surface area contributed by atoms with Gasteiger partial charge in [0, 0.05) is 17.1 Å². The number of Topliss-reactive ketones (excluding diaryl/α,β-unsaturated/α-hetero) is 1. The number of alkyl halides is 3. The Labute approximate surface area is 117 Å². The van der Waals surface area contributed by atoms with Crippen molar-refractivity contribution in [2.24, 2.45) is 0 Å². The Bertz CT molecular complexity index is 600. The minimum absolute atomic E-state index is 0.285. The number of ketones is 1. The van der Waals surface area contributed by atoms with Crippen LogP contribution in [0.2, 0.25) is 5.15 Å². The first-order valence-electron chi connectivity index (χ1n) is 4.56. The molecule has 2 heterocycles. The van der Waals surface area contributed by atoms with Crippen LogP contribution < -0.4 is 0 Å². The van der Waals surface area contributed by atoms with Crippen LogP contribution in [-0.2, 0) is 0 Å². The molecule has 0 bridgehead atoms. The Morgan fingerprint density at radius 1 is 1.41 bits per heavy atom. The Morgan fingerprint density at radius 3 is 2.65 bits per heavy atom. The van der Waals surface area contributed by atoms with Gasteiger partial charge >= 0.3 is 0 Å². The molecule has 0 atom stereocenters. The minimum Gasteiger partial charge on any atom is -0.359 e. The third-order valence-electron chi connectivity index (χ3n) is 2.32. The van der Waals surface area contributed by atoms with E-state index in [0.717, 1.165) is 0 Å². The van der Waals surface area contributed by atoms with Crippen LogP contribution in [0.5, 0.6) is 0 Å². The van der Waals surface area contributed by atoms with Crippen molar-refractivity contribution in [3.8, 4) is 0 Å². The van der Waals surface area contributed by atoms with Crippen molar-refractivity contribution in [2.45, 2.75) is 10.7 Å². The molecule has 0 amide bonds. The lowest BCUT2D eigenvalue weighted by Crippen LogP contribution is -2.18. The van der Waals surface area contributed by atoms with Gasteiger partial charge in [-0.2, -0.15) is 0 Å². The van der Waals surface area contributed by atoms with Gasteiger partial charge < -0.3 is 4.98 Å². The first-order valence-corrected chi connectivity index (χ1v) is 6.07. The number of halogens is 4. The molecule has 2 rings (SSSR count). The fourth-order valence-corrected chi connectivity index (χ4v) is 2.13. The topological polar surface area (TPSA) is 45.8 Å². The van der Waals surface area contributed by atoms with E-state index in [9.17, 15) is 4.79 Å². The molecule has 0 saturated carbocycles. The van der Waals surface area contributed by atoms with Crippen LogP contribution >= 0.6 is 46.4 Å². The number of hydrogen-bond acceptors (Lipinski definition) is 2. The van der Waals surface area contributed by atoms with E-state index in [2.05, 4.69) is 9.97 Å². The zero-order chi connectivity index (χ0) is 12.8. The van der Waals surface area contributed by atoms with E-state index in [0.29, 0.717) is 16.6 Å². The lowest BCUT2D eigenvalue weighted by molar-refractivity contribution is 0.0998. The highest BCUT2D eigenvalue weighted by molar-refractivity contribution is 6.77. The second-order valence-corrected chi connectivity index (χ2v) is 6.15. The summed E-state index contributed by atoms with van der Waals surface area (Å²) in [5, 5.41) is 0.881. The van der Waals surface area contributed by atoms with Gasteiger partial charge in [0.1, 0.15) is 5.15 Å². The highest BCUT2D eigenvalue weighted by Crippen LogP contribution is 2.34. The van der Waals surface area contributed by atoms with E-state index < -0.39 is 9.58 Å². The molecule has 0 aliphatic carbocycles. The molecular formula is C10H6Cl4N2O. The molecule has 7 heteroatoms. The number of aromatic amines is 1. The van der Waals surface area contributed by atoms with Crippen molar-refractivity contribution in [2.75, 3.05) is 0 Å². The Morgan fingerprint density at radius 2 is 2.06 bits per heavy atom. The Balaban J connectivity index is 2.69. The van der Waals surface area contributed by atoms with Gasteiger partial charge in [-0.3, -0.25) is 4.79 Å². The first kappa shape index (κ1) is 13.0. The minimum atomic E-state index is -1.99. The van der Waals surface area contributed by atoms with Crippen LogP contribution in [0.15, 0.2) is 12.3 Å². The number of H-pyrrole nitrogens is 1. The molecule has 0 unspecified atom stereocenters. The third-order valence-corrected chi connectivity index (χ3v) is 3.03. The highest BCUT2D eigenvalue weighted by atomic mass is 35.6. The molecule has 2 aromatic rings. The number of fused-ring (bicyclic) bond motifs is 1. The largest absolute Gasteiger partial charge is 0.359 e. The van der Waals surface area contributed by atoms with Crippen molar-refractivity contribution in [1.29, 1.82) is 0 Å². The number of nitrogens with one attached hydrogen (secondary N) is 1. The van der Waals surface area contributed by atoms with Crippen LogP contribution in [0.3, 0.4) is 0 Å². The molecule has 17 heavy (non-hydrogen) atoms. The number of aromatic nitrogens is 2. The SMILES string of the molecule is Cc1nc(Cl)cc2c(C(=O)C(Cl)(Cl)Cl)c[nH]c12. The van der Waals surface area contributed by atoms with Gasteiger partial charge in [-0.1, -0.05) is 46.4 Å². The maximum absolute atomic E-state index is 11.9. The standard InChI is InChI=1S/C10H6Cl4N2O/c1-4-8-5(2-7(11)16-4)6(3-15-8)9(17)10(12,13)14/h2-3,15H,1H3. The number of carbonyl (C=O) groups excluding carboxylic acids is 1. The zero-order valence-electron chi connectivity index (χ0n) is 8.52. The second-order valence-electron chi connectivity index (χ2n) is 3.48. The third kappa shape index (κ3) is 2.38. The number of aryl methyl sites for hydroxylation is 1. The fourth-order valence-electron chi connectivity index (χ4n) is 1.59. The van der Waals surface area contributed by atoms with Crippen LogP contribution in [-0.4, -0.2) is 19.5 Å². The lowest BCUT2D eigenvalue weighted by Gasteiger charge is -2.08. The van der Waals surface area contributed by atoms with Gasteiger partial charge in [0.05, 0.1) is 11.2 Å². The molecule has 90 valence electrons. The van der Waals surface area contributed by atoms with Gasteiger partial charge in [-0.15, -0.1) is 0 Å². The zero-order valence-corrected chi connectivity index (χ0v) is 11.5. The van der Waals surface area contributed by atoms with Crippen LogP contribution in [0.4, 0.5) is 0 Å². The average molecular weight is 312 g/mol. The summed E-state index contributed by atoms with van der Waals surface area (Å²) in [5.74, 6) is -0.601.